The molecule has 2 aliphatic heterocycles. The fourth-order valence-corrected chi connectivity index (χ4v) is 2.56. The lowest BCUT2D eigenvalue weighted by molar-refractivity contribution is -0.142. The van der Waals surface area contributed by atoms with Gasteiger partial charge in [0.25, 0.3) is 0 Å². The van der Waals surface area contributed by atoms with E-state index >= 15 is 0 Å². The summed E-state index contributed by atoms with van der Waals surface area (Å²) in [5.41, 5.74) is 0. The number of ether oxygens (including phenoxy) is 2. The van der Waals surface area contributed by atoms with Crippen LogP contribution >= 0.6 is 0 Å². The van der Waals surface area contributed by atoms with E-state index < -0.39 is 5.97 Å². The van der Waals surface area contributed by atoms with Crippen LogP contribution in [0.3, 0.4) is 0 Å². The molecule has 2 rings (SSSR count). The van der Waals surface area contributed by atoms with E-state index in [4.69, 9.17) is 14.6 Å². The van der Waals surface area contributed by atoms with Gasteiger partial charge in [-0.05, 0) is 13.3 Å². The van der Waals surface area contributed by atoms with E-state index in [2.05, 4.69) is 11.8 Å². The Labute approximate surface area is 95.3 Å². The first-order valence-electron chi connectivity index (χ1n) is 5.86. The summed E-state index contributed by atoms with van der Waals surface area (Å²) in [6.07, 6.45) is 1.22. The van der Waals surface area contributed by atoms with Crippen LogP contribution in [-0.4, -0.2) is 60.5 Å². The Hall–Kier alpha value is -0.650. The monoisotopic (exact) mass is 229 g/mol. The molecule has 2 aliphatic rings. The highest BCUT2D eigenvalue weighted by atomic mass is 16.5. The van der Waals surface area contributed by atoms with Gasteiger partial charge in [0.15, 0.2) is 0 Å². The quantitative estimate of drug-likeness (QED) is 0.756. The number of hydrogen-bond donors (Lipinski definition) is 1. The van der Waals surface area contributed by atoms with Crippen LogP contribution in [-0.2, 0) is 14.3 Å². The molecule has 2 fully saturated rings. The topological polar surface area (TPSA) is 59.0 Å². The second-order valence-corrected chi connectivity index (χ2v) is 4.52. The van der Waals surface area contributed by atoms with Crippen LogP contribution in [0.5, 0.6) is 0 Å². The predicted octanol–water partition coefficient (Wildman–Crippen LogP) is 0.339. The second-order valence-electron chi connectivity index (χ2n) is 4.52. The minimum Gasteiger partial charge on any atom is -0.481 e. The minimum atomic E-state index is -0.789. The predicted molar refractivity (Wildman–Crippen MR) is 57.4 cm³/mol. The first-order chi connectivity index (χ1) is 7.66. The van der Waals surface area contributed by atoms with Crippen molar-refractivity contribution >= 4 is 5.97 Å². The Morgan fingerprint density at radius 2 is 2.25 bits per heavy atom. The number of aliphatic carboxylic acids is 1. The molecule has 0 aromatic rings. The molecule has 0 amide bonds. The number of carbonyl (C=O) groups is 1. The van der Waals surface area contributed by atoms with Gasteiger partial charge in [-0.3, -0.25) is 9.69 Å². The molecule has 3 unspecified atom stereocenters. The Morgan fingerprint density at radius 3 is 2.88 bits per heavy atom. The molecule has 2 heterocycles. The number of nitrogens with zero attached hydrogens (tertiary/aromatic N) is 1. The average molecular weight is 229 g/mol. The molecule has 5 nitrogen and oxygen atoms in total. The summed E-state index contributed by atoms with van der Waals surface area (Å²) < 4.78 is 11.0. The molecule has 0 bridgehead atoms. The molecule has 2 saturated heterocycles. The molecular formula is C11H19NO4. The zero-order valence-corrected chi connectivity index (χ0v) is 9.59. The van der Waals surface area contributed by atoms with Crippen LogP contribution in [0.4, 0.5) is 0 Å². The van der Waals surface area contributed by atoms with E-state index in [-0.39, 0.29) is 18.6 Å². The Kier molecular flexibility index (Phi) is 3.78. The smallest absolute Gasteiger partial charge is 0.306 e. The van der Waals surface area contributed by atoms with Crippen molar-refractivity contribution in [3.8, 4) is 0 Å². The molecule has 16 heavy (non-hydrogen) atoms. The normalized spacial score (nSPS) is 36.4. The van der Waals surface area contributed by atoms with Gasteiger partial charge in [-0.15, -0.1) is 0 Å². The van der Waals surface area contributed by atoms with E-state index in [0.717, 1.165) is 19.6 Å². The fraction of sp³-hybridized carbons (Fsp3) is 0.909. The average Bonchev–Trinajstić information content (AvgIpc) is 2.64. The zero-order valence-electron chi connectivity index (χ0n) is 9.59. The van der Waals surface area contributed by atoms with Crippen molar-refractivity contribution in [1.29, 1.82) is 0 Å². The first kappa shape index (κ1) is 11.8. The summed E-state index contributed by atoms with van der Waals surface area (Å²) in [5.74, 6) is -0.789. The molecule has 0 aromatic heterocycles. The molecule has 1 N–H and O–H groups in total. The summed E-state index contributed by atoms with van der Waals surface area (Å²) in [5, 5.41) is 8.75. The largest absolute Gasteiger partial charge is 0.481 e. The summed E-state index contributed by atoms with van der Waals surface area (Å²) in [7, 11) is 0. The van der Waals surface area contributed by atoms with Crippen molar-refractivity contribution < 1.29 is 19.4 Å². The lowest BCUT2D eigenvalue weighted by Crippen LogP contribution is -2.50. The second kappa shape index (κ2) is 5.12. The van der Waals surface area contributed by atoms with Crippen LogP contribution in [0.2, 0.25) is 0 Å². The highest BCUT2D eigenvalue weighted by molar-refractivity contribution is 5.67. The van der Waals surface area contributed by atoms with Crippen LogP contribution in [0.1, 0.15) is 19.8 Å². The number of morpholine rings is 1. The maximum atomic E-state index is 10.6. The molecule has 0 spiro atoms. The van der Waals surface area contributed by atoms with Crippen molar-refractivity contribution in [3.05, 3.63) is 0 Å². The van der Waals surface area contributed by atoms with E-state index in [1.54, 1.807) is 0 Å². The number of rotatable bonds is 3. The lowest BCUT2D eigenvalue weighted by Gasteiger charge is -2.37. The van der Waals surface area contributed by atoms with Crippen LogP contribution < -0.4 is 0 Å². The van der Waals surface area contributed by atoms with Gasteiger partial charge in [0.05, 0.1) is 25.2 Å². The molecule has 3 atom stereocenters. The SMILES string of the molecule is CC1OCCC1N1CCOC(CC(=O)O)C1. The highest BCUT2D eigenvalue weighted by Gasteiger charge is 2.33. The van der Waals surface area contributed by atoms with Gasteiger partial charge in [0, 0.05) is 25.7 Å². The number of carboxylic acids is 1. The van der Waals surface area contributed by atoms with Gasteiger partial charge < -0.3 is 14.6 Å². The van der Waals surface area contributed by atoms with E-state index in [1.165, 1.54) is 0 Å². The standard InChI is InChI=1S/C11H19NO4/c1-8-10(2-4-15-8)12-3-5-16-9(7-12)6-11(13)14/h8-10H,2-7H2,1H3,(H,13,14). The molecular weight excluding hydrogens is 210 g/mol. The van der Waals surface area contributed by atoms with Gasteiger partial charge in [-0.2, -0.15) is 0 Å². The molecule has 0 aliphatic carbocycles. The van der Waals surface area contributed by atoms with Crippen molar-refractivity contribution in [2.45, 2.75) is 38.0 Å². The van der Waals surface area contributed by atoms with Crippen LogP contribution in [0.25, 0.3) is 0 Å². The van der Waals surface area contributed by atoms with Gasteiger partial charge in [0.1, 0.15) is 0 Å². The third-order valence-corrected chi connectivity index (χ3v) is 3.38. The van der Waals surface area contributed by atoms with Crippen molar-refractivity contribution in [3.63, 3.8) is 0 Å². The van der Waals surface area contributed by atoms with Crippen LogP contribution in [0.15, 0.2) is 0 Å². The van der Waals surface area contributed by atoms with Gasteiger partial charge in [-0.25, -0.2) is 0 Å². The number of carboxylic acid groups (broad SMARTS) is 1. The Balaban J connectivity index is 1.88. The minimum absolute atomic E-state index is 0.0957. The van der Waals surface area contributed by atoms with Gasteiger partial charge in [-0.1, -0.05) is 0 Å². The Bertz CT molecular complexity index is 258. The first-order valence-corrected chi connectivity index (χ1v) is 5.86. The molecule has 5 heteroatoms. The summed E-state index contributed by atoms with van der Waals surface area (Å²) in [4.78, 5) is 13.0. The van der Waals surface area contributed by atoms with Gasteiger partial charge in [0.2, 0.25) is 0 Å². The van der Waals surface area contributed by atoms with Crippen LogP contribution in [0, 0.1) is 0 Å². The maximum absolute atomic E-state index is 10.6. The summed E-state index contributed by atoms with van der Waals surface area (Å²) in [6.45, 7) is 5.12. The van der Waals surface area contributed by atoms with E-state index in [9.17, 15) is 4.79 Å². The highest BCUT2D eigenvalue weighted by Crippen LogP contribution is 2.22. The van der Waals surface area contributed by atoms with Crippen molar-refractivity contribution in [2.75, 3.05) is 26.3 Å². The van der Waals surface area contributed by atoms with Gasteiger partial charge >= 0.3 is 5.97 Å². The zero-order chi connectivity index (χ0) is 11.5. The fourth-order valence-electron chi connectivity index (χ4n) is 2.56. The lowest BCUT2D eigenvalue weighted by atomic mass is 10.1. The molecule has 92 valence electrons. The van der Waals surface area contributed by atoms with E-state index in [1.807, 2.05) is 0 Å². The third-order valence-electron chi connectivity index (χ3n) is 3.38. The number of hydrogen-bond acceptors (Lipinski definition) is 4. The third kappa shape index (κ3) is 2.72. The molecule has 0 radical (unpaired) electrons. The van der Waals surface area contributed by atoms with Crippen molar-refractivity contribution in [2.24, 2.45) is 0 Å². The molecule has 0 aromatic carbocycles. The molecule has 0 saturated carbocycles. The Morgan fingerprint density at radius 1 is 1.44 bits per heavy atom. The maximum Gasteiger partial charge on any atom is 0.306 e. The van der Waals surface area contributed by atoms with Crippen molar-refractivity contribution in [1.82, 2.24) is 4.90 Å². The van der Waals surface area contributed by atoms with E-state index in [0.29, 0.717) is 19.2 Å². The summed E-state index contributed by atoms with van der Waals surface area (Å²) >= 11 is 0. The summed E-state index contributed by atoms with van der Waals surface area (Å²) in [6, 6.07) is 0.431.